The van der Waals surface area contributed by atoms with Crippen LogP contribution in [0.15, 0.2) is 53.5 Å². The molecular weight excluding hydrogens is 467 g/mol. The quantitative estimate of drug-likeness (QED) is 0.332. The van der Waals surface area contributed by atoms with E-state index in [1.54, 1.807) is 14.2 Å². The highest BCUT2D eigenvalue weighted by Gasteiger charge is 2.09. The van der Waals surface area contributed by atoms with Crippen LogP contribution in [0.1, 0.15) is 12.5 Å². The Morgan fingerprint density at radius 2 is 1.79 bits per heavy atom. The highest BCUT2D eigenvalue weighted by atomic mass is 127. The summed E-state index contributed by atoms with van der Waals surface area (Å²) in [5.74, 6) is 2.20. The molecular formula is C21H31IN4O2. The minimum absolute atomic E-state index is 0. The van der Waals surface area contributed by atoms with Gasteiger partial charge in [0.1, 0.15) is 6.10 Å². The zero-order valence-electron chi connectivity index (χ0n) is 17.2. The predicted octanol–water partition coefficient (Wildman–Crippen LogP) is 3.51. The summed E-state index contributed by atoms with van der Waals surface area (Å²) in [6, 6.07) is 16.1. The lowest BCUT2D eigenvalue weighted by molar-refractivity contribution is 0.213. The second-order valence-corrected chi connectivity index (χ2v) is 6.45. The Balaban J connectivity index is 0.00000392. The average molecular weight is 498 g/mol. The van der Waals surface area contributed by atoms with Gasteiger partial charge in [0, 0.05) is 33.4 Å². The molecule has 0 fully saturated rings. The van der Waals surface area contributed by atoms with Gasteiger partial charge >= 0.3 is 0 Å². The van der Waals surface area contributed by atoms with Crippen LogP contribution in [0.3, 0.4) is 0 Å². The van der Waals surface area contributed by atoms with E-state index in [2.05, 4.69) is 44.8 Å². The fourth-order valence-electron chi connectivity index (χ4n) is 2.57. The molecule has 2 rings (SSSR count). The van der Waals surface area contributed by atoms with Crippen LogP contribution in [0.25, 0.3) is 0 Å². The summed E-state index contributed by atoms with van der Waals surface area (Å²) in [6.45, 7) is 3.33. The number of guanidine groups is 1. The third-order valence-corrected chi connectivity index (χ3v) is 4.06. The monoisotopic (exact) mass is 498 g/mol. The van der Waals surface area contributed by atoms with Crippen molar-refractivity contribution in [2.24, 2.45) is 4.99 Å². The van der Waals surface area contributed by atoms with Crippen molar-refractivity contribution in [2.45, 2.75) is 19.6 Å². The minimum atomic E-state index is -0.0445. The van der Waals surface area contributed by atoms with Gasteiger partial charge in [-0.15, -0.1) is 24.0 Å². The number of ether oxygens (including phenoxy) is 2. The molecule has 154 valence electrons. The normalized spacial score (nSPS) is 11.8. The van der Waals surface area contributed by atoms with Gasteiger partial charge in [-0.1, -0.05) is 24.3 Å². The van der Waals surface area contributed by atoms with Crippen LogP contribution in [0.4, 0.5) is 5.69 Å². The van der Waals surface area contributed by atoms with E-state index in [0.29, 0.717) is 13.1 Å². The minimum Gasteiger partial charge on any atom is -0.493 e. The summed E-state index contributed by atoms with van der Waals surface area (Å²) in [7, 11) is 7.48. The summed E-state index contributed by atoms with van der Waals surface area (Å²) in [4.78, 5) is 6.37. The Morgan fingerprint density at radius 3 is 2.43 bits per heavy atom. The number of methoxy groups -OCH3 is 1. The van der Waals surface area contributed by atoms with Crippen LogP contribution < -0.4 is 25.0 Å². The second kappa shape index (κ2) is 12.3. The van der Waals surface area contributed by atoms with E-state index in [1.165, 1.54) is 11.3 Å². The molecule has 6 nitrogen and oxygen atoms in total. The average Bonchev–Trinajstić information content (AvgIpc) is 2.68. The molecule has 2 aromatic carbocycles. The summed E-state index contributed by atoms with van der Waals surface area (Å²) in [6.07, 6.45) is -0.0445. The maximum atomic E-state index is 5.96. The zero-order chi connectivity index (χ0) is 19.6. The number of benzene rings is 2. The molecule has 0 radical (unpaired) electrons. The van der Waals surface area contributed by atoms with Crippen molar-refractivity contribution < 1.29 is 9.47 Å². The zero-order valence-corrected chi connectivity index (χ0v) is 19.6. The first-order valence-corrected chi connectivity index (χ1v) is 9.04. The van der Waals surface area contributed by atoms with Crippen LogP contribution in [0, 0.1) is 0 Å². The van der Waals surface area contributed by atoms with Gasteiger partial charge in [0.15, 0.2) is 17.5 Å². The van der Waals surface area contributed by atoms with Crippen molar-refractivity contribution in [3.05, 3.63) is 54.1 Å². The lowest BCUT2D eigenvalue weighted by Crippen LogP contribution is -2.41. The molecule has 0 aliphatic heterocycles. The fourth-order valence-corrected chi connectivity index (χ4v) is 2.57. The van der Waals surface area contributed by atoms with Crippen molar-refractivity contribution in [3.8, 4) is 11.5 Å². The number of nitrogens with zero attached hydrogens (tertiary/aromatic N) is 2. The molecule has 0 saturated carbocycles. The van der Waals surface area contributed by atoms with Crippen molar-refractivity contribution >= 4 is 35.6 Å². The predicted molar refractivity (Wildman–Crippen MR) is 127 cm³/mol. The lowest BCUT2D eigenvalue weighted by Gasteiger charge is -2.19. The Kier molecular flexibility index (Phi) is 10.5. The van der Waals surface area contributed by atoms with Crippen molar-refractivity contribution in [1.82, 2.24) is 10.6 Å². The Morgan fingerprint density at radius 1 is 1.07 bits per heavy atom. The van der Waals surface area contributed by atoms with Crippen LogP contribution in [0.2, 0.25) is 0 Å². The number of halogens is 1. The first-order valence-electron chi connectivity index (χ1n) is 9.04. The smallest absolute Gasteiger partial charge is 0.191 e. The number of nitrogens with one attached hydrogen (secondary N) is 2. The van der Waals surface area contributed by atoms with E-state index in [9.17, 15) is 0 Å². The molecule has 1 unspecified atom stereocenters. The maximum absolute atomic E-state index is 5.96. The number of rotatable bonds is 8. The summed E-state index contributed by atoms with van der Waals surface area (Å²) >= 11 is 0. The van der Waals surface area contributed by atoms with Crippen molar-refractivity contribution in [1.29, 1.82) is 0 Å². The first-order chi connectivity index (χ1) is 13.0. The molecule has 0 spiro atoms. The van der Waals surface area contributed by atoms with Crippen LogP contribution in [-0.4, -0.2) is 46.9 Å². The molecule has 0 bridgehead atoms. The Labute approximate surface area is 185 Å². The maximum Gasteiger partial charge on any atom is 0.191 e. The van der Waals surface area contributed by atoms with Crippen LogP contribution >= 0.6 is 24.0 Å². The highest BCUT2D eigenvalue weighted by molar-refractivity contribution is 14.0. The third kappa shape index (κ3) is 7.46. The molecule has 0 amide bonds. The van der Waals surface area contributed by atoms with Gasteiger partial charge in [-0.05, 0) is 36.8 Å². The number of para-hydroxylation sites is 2. The van der Waals surface area contributed by atoms with Crippen LogP contribution in [0.5, 0.6) is 11.5 Å². The van der Waals surface area contributed by atoms with E-state index >= 15 is 0 Å². The standard InChI is InChI=1S/C21H30N4O2.HI/c1-16(27-20-12-7-6-11-19(20)26-5)14-23-21(22-2)24-15-17-9-8-10-18(13-17)25(3)4;/h6-13,16H,14-15H2,1-5H3,(H2,22,23,24);1H. The van der Waals surface area contributed by atoms with E-state index in [-0.39, 0.29) is 30.1 Å². The van der Waals surface area contributed by atoms with Gasteiger partial charge in [-0.25, -0.2) is 0 Å². The molecule has 1 atom stereocenters. The summed E-state index contributed by atoms with van der Waals surface area (Å²) in [5.41, 5.74) is 2.37. The summed E-state index contributed by atoms with van der Waals surface area (Å²) in [5, 5.41) is 6.63. The van der Waals surface area contributed by atoms with Gasteiger partial charge in [0.2, 0.25) is 0 Å². The molecule has 2 aromatic rings. The van der Waals surface area contributed by atoms with E-state index < -0.39 is 0 Å². The van der Waals surface area contributed by atoms with E-state index in [1.807, 2.05) is 45.3 Å². The van der Waals surface area contributed by atoms with Gasteiger partial charge in [0.05, 0.1) is 13.7 Å². The van der Waals surface area contributed by atoms with E-state index in [4.69, 9.17) is 9.47 Å². The molecule has 0 heterocycles. The van der Waals surface area contributed by atoms with Gasteiger partial charge in [-0.3, -0.25) is 4.99 Å². The Hall–Kier alpha value is -2.16. The SMILES string of the molecule is CN=C(NCc1cccc(N(C)C)c1)NCC(C)Oc1ccccc1OC.I. The Bertz CT molecular complexity index is 753. The van der Waals surface area contributed by atoms with Gasteiger partial charge in [-0.2, -0.15) is 0 Å². The molecule has 28 heavy (non-hydrogen) atoms. The fraction of sp³-hybridized carbons (Fsp3) is 0.381. The molecule has 7 heteroatoms. The number of hydrogen-bond donors (Lipinski definition) is 2. The first kappa shape index (κ1) is 23.9. The lowest BCUT2D eigenvalue weighted by atomic mass is 10.2. The molecule has 0 aromatic heterocycles. The number of aliphatic imine (C=N–C) groups is 1. The van der Waals surface area contributed by atoms with Crippen molar-refractivity contribution in [3.63, 3.8) is 0 Å². The van der Waals surface area contributed by atoms with Gasteiger partial charge < -0.3 is 25.0 Å². The largest absolute Gasteiger partial charge is 0.493 e. The molecule has 0 aliphatic carbocycles. The third-order valence-electron chi connectivity index (χ3n) is 4.06. The molecule has 0 aliphatic rings. The number of anilines is 1. The topological polar surface area (TPSA) is 58.1 Å². The summed E-state index contributed by atoms with van der Waals surface area (Å²) < 4.78 is 11.3. The second-order valence-electron chi connectivity index (χ2n) is 6.45. The highest BCUT2D eigenvalue weighted by Crippen LogP contribution is 2.26. The molecule has 0 saturated heterocycles. The molecule has 2 N–H and O–H groups in total. The van der Waals surface area contributed by atoms with E-state index in [0.717, 1.165) is 17.5 Å². The van der Waals surface area contributed by atoms with Crippen LogP contribution in [-0.2, 0) is 6.54 Å². The van der Waals surface area contributed by atoms with Gasteiger partial charge in [0.25, 0.3) is 0 Å². The number of hydrogen-bond acceptors (Lipinski definition) is 4. The van der Waals surface area contributed by atoms with Crippen molar-refractivity contribution in [2.75, 3.05) is 39.7 Å².